The van der Waals surface area contributed by atoms with Gasteiger partial charge in [0.2, 0.25) is 11.8 Å². The minimum Gasteiger partial charge on any atom is -0.508 e. The van der Waals surface area contributed by atoms with Crippen molar-refractivity contribution in [2.75, 3.05) is 19.0 Å². The van der Waals surface area contributed by atoms with Crippen molar-refractivity contribution in [1.82, 2.24) is 10.2 Å². The number of phenols is 1. The predicted molar refractivity (Wildman–Crippen MR) is 165 cm³/mol. The van der Waals surface area contributed by atoms with E-state index in [4.69, 9.17) is 15.2 Å². The van der Waals surface area contributed by atoms with Crippen LogP contribution in [0.1, 0.15) is 84.2 Å². The summed E-state index contributed by atoms with van der Waals surface area (Å²) in [4.78, 5) is 54.1. The topological polar surface area (TPSA) is 160 Å². The predicted octanol–water partition coefficient (Wildman–Crippen LogP) is 5.04. The lowest BCUT2D eigenvalue weighted by Gasteiger charge is -2.34. The highest BCUT2D eigenvalue weighted by molar-refractivity contribution is 5.99. The summed E-state index contributed by atoms with van der Waals surface area (Å²) in [7, 11) is 1.53. The van der Waals surface area contributed by atoms with Gasteiger partial charge in [0.25, 0.3) is 5.91 Å². The Hall–Kier alpha value is -4.28. The normalized spacial score (nSPS) is 12.5. The smallest absolute Gasteiger partial charge is 0.408 e. The van der Waals surface area contributed by atoms with Crippen molar-refractivity contribution in [2.24, 2.45) is 5.73 Å². The van der Waals surface area contributed by atoms with Crippen LogP contribution in [0.4, 0.5) is 10.5 Å². The third-order valence-electron chi connectivity index (χ3n) is 6.53. The third-order valence-corrected chi connectivity index (χ3v) is 6.53. The average molecular weight is 599 g/mol. The number of ether oxygens (including phenoxy) is 2. The number of anilines is 1. The fourth-order valence-electron chi connectivity index (χ4n) is 4.53. The van der Waals surface area contributed by atoms with E-state index in [0.717, 1.165) is 32.1 Å². The maximum absolute atomic E-state index is 14.2. The molecule has 0 spiro atoms. The van der Waals surface area contributed by atoms with Crippen molar-refractivity contribution in [3.63, 3.8) is 0 Å². The van der Waals surface area contributed by atoms with Crippen LogP contribution in [0, 0.1) is 0 Å². The van der Waals surface area contributed by atoms with E-state index in [-0.39, 0.29) is 12.3 Å². The van der Waals surface area contributed by atoms with E-state index < -0.39 is 47.9 Å². The van der Waals surface area contributed by atoms with Crippen LogP contribution in [-0.4, -0.2) is 59.1 Å². The second-order valence-electron chi connectivity index (χ2n) is 11.4. The molecule has 11 heteroatoms. The number of nitrogens with one attached hydrogen (secondary N) is 2. The van der Waals surface area contributed by atoms with Crippen LogP contribution < -0.4 is 21.1 Å². The summed E-state index contributed by atoms with van der Waals surface area (Å²) in [5, 5.41) is 15.6. The Balaban J connectivity index is 2.51. The summed E-state index contributed by atoms with van der Waals surface area (Å²) in [5.41, 5.74) is 5.42. The van der Waals surface area contributed by atoms with E-state index in [2.05, 4.69) is 17.6 Å². The van der Waals surface area contributed by atoms with Gasteiger partial charge in [0, 0.05) is 12.2 Å². The lowest BCUT2D eigenvalue weighted by atomic mass is 10.0. The Bertz CT molecular complexity index is 1210. The largest absolute Gasteiger partial charge is 0.508 e. The first-order valence-electron chi connectivity index (χ1n) is 14.7. The van der Waals surface area contributed by atoms with Crippen molar-refractivity contribution in [3.05, 3.63) is 54.1 Å². The van der Waals surface area contributed by atoms with Gasteiger partial charge in [-0.3, -0.25) is 14.4 Å². The molecular weight excluding hydrogens is 552 g/mol. The van der Waals surface area contributed by atoms with Crippen LogP contribution in [0.5, 0.6) is 11.5 Å². The molecule has 236 valence electrons. The molecule has 0 aliphatic carbocycles. The summed E-state index contributed by atoms with van der Waals surface area (Å²) in [6, 6.07) is 10.2. The van der Waals surface area contributed by atoms with E-state index in [1.807, 2.05) is 0 Å². The zero-order valence-corrected chi connectivity index (χ0v) is 25.9. The van der Waals surface area contributed by atoms with E-state index in [1.54, 1.807) is 57.2 Å². The van der Waals surface area contributed by atoms with E-state index in [0.29, 0.717) is 23.4 Å². The van der Waals surface area contributed by atoms with Crippen molar-refractivity contribution in [2.45, 2.75) is 90.3 Å². The summed E-state index contributed by atoms with van der Waals surface area (Å²) >= 11 is 0. The van der Waals surface area contributed by atoms with Crippen molar-refractivity contribution >= 4 is 29.5 Å². The second kappa shape index (κ2) is 17.0. The SMILES string of the molecule is CCCCCCCCN(C(=O)C(CC(N)=O)NC(=O)OC(C)(C)C)C(C(=O)Nc1ccc(OC)cc1)c1cccc(O)c1. The standard InChI is InChI=1S/C32H46N4O7/c1-6-7-8-9-10-11-19-36(30(40)26(21-27(33)38)35-31(41)43-32(2,3)4)28(22-13-12-14-24(37)20-22)29(39)34-23-15-17-25(42-5)18-16-23/h12-18,20,26,28,37H,6-11,19,21H2,1-5H3,(H2,33,38)(H,34,39)(H,35,41). The van der Waals surface area contributed by atoms with Gasteiger partial charge in [0.05, 0.1) is 13.5 Å². The number of aromatic hydroxyl groups is 1. The molecule has 5 N–H and O–H groups in total. The first-order chi connectivity index (χ1) is 20.3. The lowest BCUT2D eigenvalue weighted by molar-refractivity contribution is -0.142. The minimum absolute atomic E-state index is 0.0905. The van der Waals surface area contributed by atoms with Gasteiger partial charge in [-0.15, -0.1) is 0 Å². The number of methoxy groups -OCH3 is 1. The third kappa shape index (κ3) is 12.2. The molecule has 2 atom stereocenters. The van der Waals surface area contributed by atoms with Gasteiger partial charge in [-0.05, 0) is 69.2 Å². The molecule has 0 saturated heterocycles. The number of amides is 4. The van der Waals surface area contributed by atoms with Gasteiger partial charge in [0.15, 0.2) is 0 Å². The number of carbonyl (C=O) groups excluding carboxylic acids is 4. The van der Waals surface area contributed by atoms with Crippen molar-refractivity contribution < 1.29 is 33.8 Å². The van der Waals surface area contributed by atoms with Gasteiger partial charge in [-0.1, -0.05) is 51.2 Å². The monoisotopic (exact) mass is 598 g/mol. The number of nitrogens with two attached hydrogens (primary N) is 1. The van der Waals surface area contributed by atoms with Crippen LogP contribution in [0.3, 0.4) is 0 Å². The highest BCUT2D eigenvalue weighted by Gasteiger charge is 2.37. The molecule has 2 rings (SSSR count). The maximum Gasteiger partial charge on any atom is 0.408 e. The van der Waals surface area contributed by atoms with Gasteiger partial charge in [0.1, 0.15) is 29.2 Å². The Labute approximate surface area is 254 Å². The molecule has 2 aromatic carbocycles. The molecular formula is C32H46N4O7. The highest BCUT2D eigenvalue weighted by Crippen LogP contribution is 2.28. The number of hydrogen-bond acceptors (Lipinski definition) is 7. The van der Waals surface area contributed by atoms with Crippen LogP contribution in [0.2, 0.25) is 0 Å². The number of benzene rings is 2. The first kappa shape index (κ1) is 34.9. The Kier molecular flexibility index (Phi) is 13.8. The second-order valence-corrected chi connectivity index (χ2v) is 11.4. The summed E-state index contributed by atoms with van der Waals surface area (Å²) in [5.74, 6) is -1.54. The molecule has 0 aliphatic heterocycles. The molecule has 43 heavy (non-hydrogen) atoms. The van der Waals surface area contributed by atoms with Crippen LogP contribution in [-0.2, 0) is 19.1 Å². The lowest BCUT2D eigenvalue weighted by Crippen LogP contribution is -2.53. The number of phenolic OH excluding ortho intramolecular Hbond substituents is 1. The van der Waals surface area contributed by atoms with Crippen LogP contribution in [0.25, 0.3) is 0 Å². The number of nitrogens with zero attached hydrogens (tertiary/aromatic N) is 1. The fraction of sp³-hybridized carbons (Fsp3) is 0.500. The zero-order valence-electron chi connectivity index (χ0n) is 25.9. The molecule has 0 heterocycles. The van der Waals surface area contributed by atoms with Gasteiger partial charge >= 0.3 is 6.09 Å². The van der Waals surface area contributed by atoms with Crippen LogP contribution in [0.15, 0.2) is 48.5 Å². The number of carbonyl (C=O) groups is 4. The van der Waals surface area contributed by atoms with E-state index in [9.17, 15) is 24.3 Å². The molecule has 4 amide bonds. The molecule has 0 radical (unpaired) electrons. The number of alkyl carbamates (subject to hydrolysis) is 1. The summed E-state index contributed by atoms with van der Waals surface area (Å²) < 4.78 is 10.5. The first-order valence-corrected chi connectivity index (χ1v) is 14.7. The number of hydrogen-bond donors (Lipinski definition) is 4. The summed E-state index contributed by atoms with van der Waals surface area (Å²) in [6.07, 6.45) is 4.14. The minimum atomic E-state index is -1.39. The maximum atomic E-state index is 14.2. The summed E-state index contributed by atoms with van der Waals surface area (Å²) in [6.45, 7) is 7.28. The average Bonchev–Trinajstić information content (AvgIpc) is 2.92. The number of primary amides is 1. The van der Waals surface area contributed by atoms with Gasteiger partial charge in [-0.25, -0.2) is 4.79 Å². The fourth-order valence-corrected chi connectivity index (χ4v) is 4.53. The Morgan fingerprint density at radius 3 is 2.21 bits per heavy atom. The number of unbranched alkanes of at least 4 members (excludes halogenated alkanes) is 5. The molecule has 2 aromatic rings. The Morgan fingerprint density at radius 1 is 0.977 bits per heavy atom. The molecule has 0 saturated carbocycles. The molecule has 0 bridgehead atoms. The van der Waals surface area contributed by atoms with Crippen LogP contribution >= 0.6 is 0 Å². The quantitative estimate of drug-likeness (QED) is 0.197. The van der Waals surface area contributed by atoms with Gasteiger partial charge in [-0.2, -0.15) is 0 Å². The Morgan fingerprint density at radius 2 is 1.63 bits per heavy atom. The molecule has 0 aliphatic rings. The molecule has 11 nitrogen and oxygen atoms in total. The van der Waals surface area contributed by atoms with E-state index >= 15 is 0 Å². The van der Waals surface area contributed by atoms with Gasteiger partial charge < -0.3 is 35.8 Å². The van der Waals surface area contributed by atoms with E-state index in [1.165, 1.54) is 24.1 Å². The number of rotatable bonds is 16. The molecule has 0 aromatic heterocycles. The molecule has 0 fully saturated rings. The van der Waals surface area contributed by atoms with Crippen molar-refractivity contribution in [1.29, 1.82) is 0 Å². The zero-order chi connectivity index (χ0) is 32.0. The van der Waals surface area contributed by atoms with Crippen molar-refractivity contribution in [3.8, 4) is 11.5 Å². The molecule has 2 unspecified atom stereocenters. The highest BCUT2D eigenvalue weighted by atomic mass is 16.6.